The number of nitrogens with two attached hydrogens (primary N) is 1. The Morgan fingerprint density at radius 3 is 2.22 bits per heavy atom. The van der Waals surface area contributed by atoms with Crippen molar-refractivity contribution < 1.29 is 0 Å². The van der Waals surface area contributed by atoms with E-state index in [4.69, 9.17) is 5.73 Å². The van der Waals surface area contributed by atoms with Crippen molar-refractivity contribution in [3.63, 3.8) is 0 Å². The molecule has 9 heavy (non-hydrogen) atoms. The predicted molar refractivity (Wildman–Crippen MR) is 42.2 cm³/mol. The molecule has 0 bridgehead atoms. The summed E-state index contributed by atoms with van der Waals surface area (Å²) >= 11 is 0. The van der Waals surface area contributed by atoms with Gasteiger partial charge in [0, 0.05) is 6.04 Å². The summed E-state index contributed by atoms with van der Waals surface area (Å²) in [7, 11) is 0. The fourth-order valence-corrected chi connectivity index (χ4v) is 0.677. The monoisotopic (exact) mass is 127 g/mol. The van der Waals surface area contributed by atoms with Crippen molar-refractivity contribution in [2.75, 3.05) is 0 Å². The Morgan fingerprint density at radius 2 is 2.11 bits per heavy atom. The van der Waals surface area contributed by atoms with Crippen LogP contribution in [0.4, 0.5) is 0 Å². The number of rotatable bonds is 3. The van der Waals surface area contributed by atoms with Gasteiger partial charge in [-0.2, -0.15) is 0 Å². The fraction of sp³-hybridized carbons (Fsp3) is 0.750. The molecule has 0 saturated heterocycles. The van der Waals surface area contributed by atoms with Gasteiger partial charge in [-0.1, -0.05) is 26.8 Å². The van der Waals surface area contributed by atoms with Crippen molar-refractivity contribution in [1.29, 1.82) is 0 Å². The Balaban J connectivity index is 3.95. The molecular formula is C8H17N. The Labute approximate surface area is 57.9 Å². The van der Waals surface area contributed by atoms with E-state index in [-0.39, 0.29) is 11.5 Å². The van der Waals surface area contributed by atoms with Gasteiger partial charge in [-0.05, 0) is 11.8 Å². The van der Waals surface area contributed by atoms with Gasteiger partial charge in [-0.15, -0.1) is 6.58 Å². The highest BCUT2D eigenvalue weighted by Crippen LogP contribution is 2.21. The summed E-state index contributed by atoms with van der Waals surface area (Å²) in [5, 5.41) is 0. The Kier molecular flexibility index (Phi) is 2.92. The molecule has 0 aromatic heterocycles. The SMILES string of the molecule is C=CC(C)(C)[C@@H](N)CC. The molecular weight excluding hydrogens is 110 g/mol. The van der Waals surface area contributed by atoms with E-state index in [0.29, 0.717) is 0 Å². The van der Waals surface area contributed by atoms with Crippen LogP contribution in [0.3, 0.4) is 0 Å². The summed E-state index contributed by atoms with van der Waals surface area (Å²) in [5.41, 5.74) is 5.88. The molecule has 0 rings (SSSR count). The average molecular weight is 127 g/mol. The van der Waals surface area contributed by atoms with E-state index in [0.717, 1.165) is 6.42 Å². The van der Waals surface area contributed by atoms with Crippen LogP contribution in [-0.4, -0.2) is 6.04 Å². The van der Waals surface area contributed by atoms with E-state index in [9.17, 15) is 0 Å². The highest BCUT2D eigenvalue weighted by atomic mass is 14.7. The molecule has 0 fully saturated rings. The molecule has 2 N–H and O–H groups in total. The molecule has 0 aliphatic carbocycles. The molecule has 0 heterocycles. The van der Waals surface area contributed by atoms with Crippen molar-refractivity contribution in [3.05, 3.63) is 12.7 Å². The van der Waals surface area contributed by atoms with Gasteiger partial charge in [0.15, 0.2) is 0 Å². The third kappa shape index (κ3) is 2.19. The Bertz CT molecular complexity index is 94.7. The minimum atomic E-state index is 0.0920. The van der Waals surface area contributed by atoms with Crippen molar-refractivity contribution in [2.24, 2.45) is 11.1 Å². The van der Waals surface area contributed by atoms with Crippen LogP contribution in [0.1, 0.15) is 27.2 Å². The van der Waals surface area contributed by atoms with Crippen LogP contribution in [0, 0.1) is 5.41 Å². The molecule has 0 unspecified atom stereocenters. The zero-order valence-electron chi connectivity index (χ0n) is 6.65. The van der Waals surface area contributed by atoms with E-state index < -0.39 is 0 Å². The first-order valence-electron chi connectivity index (χ1n) is 3.43. The van der Waals surface area contributed by atoms with Gasteiger partial charge in [-0.25, -0.2) is 0 Å². The van der Waals surface area contributed by atoms with Crippen LogP contribution in [0.15, 0.2) is 12.7 Å². The van der Waals surface area contributed by atoms with Crippen LogP contribution < -0.4 is 5.73 Å². The molecule has 0 aliphatic heterocycles. The Morgan fingerprint density at radius 1 is 1.67 bits per heavy atom. The first-order valence-corrected chi connectivity index (χ1v) is 3.43. The van der Waals surface area contributed by atoms with Gasteiger partial charge in [0.25, 0.3) is 0 Å². The molecule has 0 spiro atoms. The second-order valence-corrected chi connectivity index (χ2v) is 3.04. The lowest BCUT2D eigenvalue weighted by atomic mass is 9.84. The average Bonchev–Trinajstić information content (AvgIpc) is 1.86. The normalized spacial score (nSPS) is 15.1. The third-order valence-corrected chi connectivity index (χ3v) is 1.92. The van der Waals surface area contributed by atoms with Crippen molar-refractivity contribution >= 4 is 0 Å². The molecule has 0 amide bonds. The standard InChI is InChI=1S/C8H17N/c1-5-7(9)8(3,4)6-2/h6-7H,2,5,9H2,1,3-4H3/t7-/m0/s1. The molecule has 0 aromatic rings. The molecule has 1 atom stereocenters. The van der Waals surface area contributed by atoms with E-state index >= 15 is 0 Å². The third-order valence-electron chi connectivity index (χ3n) is 1.92. The second kappa shape index (κ2) is 3.02. The second-order valence-electron chi connectivity index (χ2n) is 3.04. The molecule has 0 aromatic carbocycles. The molecule has 0 aliphatic rings. The maximum atomic E-state index is 5.79. The highest BCUT2D eigenvalue weighted by molar-refractivity contribution is 4.94. The van der Waals surface area contributed by atoms with Crippen LogP contribution in [0.25, 0.3) is 0 Å². The summed E-state index contributed by atoms with van der Waals surface area (Å²) in [4.78, 5) is 0. The largest absolute Gasteiger partial charge is 0.327 e. The minimum Gasteiger partial charge on any atom is -0.327 e. The summed E-state index contributed by atoms with van der Waals surface area (Å²) in [6.07, 6.45) is 2.93. The lowest BCUT2D eigenvalue weighted by molar-refractivity contribution is 0.363. The zero-order chi connectivity index (χ0) is 7.49. The van der Waals surface area contributed by atoms with Crippen LogP contribution in [0.2, 0.25) is 0 Å². The summed E-state index contributed by atoms with van der Waals surface area (Å²) in [5.74, 6) is 0. The summed E-state index contributed by atoms with van der Waals surface area (Å²) in [6.45, 7) is 10.0. The van der Waals surface area contributed by atoms with Crippen LogP contribution in [0.5, 0.6) is 0 Å². The highest BCUT2D eigenvalue weighted by Gasteiger charge is 2.20. The van der Waals surface area contributed by atoms with Crippen molar-refractivity contribution in [3.8, 4) is 0 Å². The smallest absolute Gasteiger partial charge is 0.0122 e. The van der Waals surface area contributed by atoms with Crippen molar-refractivity contribution in [1.82, 2.24) is 0 Å². The van der Waals surface area contributed by atoms with E-state index in [1.54, 1.807) is 0 Å². The molecule has 1 nitrogen and oxygen atoms in total. The molecule has 54 valence electrons. The van der Waals surface area contributed by atoms with E-state index in [1.165, 1.54) is 0 Å². The van der Waals surface area contributed by atoms with Gasteiger partial charge in [0.2, 0.25) is 0 Å². The van der Waals surface area contributed by atoms with Crippen LogP contribution in [-0.2, 0) is 0 Å². The molecule has 0 saturated carbocycles. The van der Waals surface area contributed by atoms with Crippen molar-refractivity contribution in [2.45, 2.75) is 33.2 Å². The molecule has 0 radical (unpaired) electrons. The maximum absolute atomic E-state index is 5.79. The maximum Gasteiger partial charge on any atom is 0.0122 e. The minimum absolute atomic E-state index is 0.0920. The first kappa shape index (κ1) is 8.70. The number of hydrogen-bond donors (Lipinski definition) is 1. The summed E-state index contributed by atoms with van der Waals surface area (Å²) in [6, 6.07) is 0.245. The quantitative estimate of drug-likeness (QED) is 0.576. The Hall–Kier alpha value is -0.300. The predicted octanol–water partition coefficient (Wildman–Crippen LogP) is 1.94. The summed E-state index contributed by atoms with van der Waals surface area (Å²) < 4.78 is 0. The van der Waals surface area contributed by atoms with Gasteiger partial charge in [-0.3, -0.25) is 0 Å². The van der Waals surface area contributed by atoms with Gasteiger partial charge in [0.05, 0.1) is 0 Å². The molecule has 1 heteroatoms. The number of hydrogen-bond acceptors (Lipinski definition) is 1. The zero-order valence-corrected chi connectivity index (χ0v) is 6.65. The topological polar surface area (TPSA) is 26.0 Å². The van der Waals surface area contributed by atoms with Gasteiger partial charge < -0.3 is 5.73 Å². The van der Waals surface area contributed by atoms with Gasteiger partial charge in [0.1, 0.15) is 0 Å². The lowest BCUT2D eigenvalue weighted by Crippen LogP contribution is -2.34. The van der Waals surface area contributed by atoms with Crippen LogP contribution >= 0.6 is 0 Å². The lowest BCUT2D eigenvalue weighted by Gasteiger charge is -2.26. The van der Waals surface area contributed by atoms with E-state index in [1.807, 2.05) is 6.08 Å². The first-order chi connectivity index (χ1) is 4.04. The van der Waals surface area contributed by atoms with Gasteiger partial charge >= 0.3 is 0 Å². The van der Waals surface area contributed by atoms with E-state index in [2.05, 4.69) is 27.4 Å². The fourth-order valence-electron chi connectivity index (χ4n) is 0.677.